The van der Waals surface area contributed by atoms with Crippen molar-refractivity contribution in [2.75, 3.05) is 5.88 Å². The van der Waals surface area contributed by atoms with Crippen molar-refractivity contribution in [1.29, 1.82) is 0 Å². The van der Waals surface area contributed by atoms with Gasteiger partial charge in [0.25, 0.3) is 0 Å². The number of halogens is 1. The summed E-state index contributed by atoms with van der Waals surface area (Å²) in [6.45, 7) is 3.89. The third-order valence-electron chi connectivity index (χ3n) is 1.83. The summed E-state index contributed by atoms with van der Waals surface area (Å²) in [6, 6.07) is 0. The van der Waals surface area contributed by atoms with Gasteiger partial charge >= 0.3 is 5.97 Å². The number of allylic oxidation sites excluding steroid dienone is 1. The van der Waals surface area contributed by atoms with Crippen molar-refractivity contribution in [2.24, 2.45) is 0 Å². The van der Waals surface area contributed by atoms with Crippen molar-refractivity contribution in [2.45, 2.75) is 38.5 Å². The topological polar surface area (TPSA) is 37.3 Å². The van der Waals surface area contributed by atoms with E-state index in [1.165, 1.54) is 0 Å². The van der Waals surface area contributed by atoms with Crippen LogP contribution in [-0.2, 0) is 4.79 Å². The Hall–Kier alpha value is -0.500. The fourth-order valence-electron chi connectivity index (χ4n) is 1.08. The highest BCUT2D eigenvalue weighted by molar-refractivity contribution is 6.17. The number of hydrogen-bond donors (Lipinski definition) is 1. The Balaban J connectivity index is 3.25. The molecule has 0 aromatic carbocycles. The molecule has 0 spiro atoms. The standard InChI is InChI=1S/C10H17ClO2/c1-9(5-2-3-8-11)6-4-7-10(12)13/h1-8H2,(H,12,13). The van der Waals surface area contributed by atoms with Crippen LogP contribution in [0.1, 0.15) is 38.5 Å². The van der Waals surface area contributed by atoms with E-state index in [9.17, 15) is 4.79 Å². The zero-order valence-electron chi connectivity index (χ0n) is 7.89. The molecule has 0 saturated carbocycles. The third kappa shape index (κ3) is 9.41. The molecule has 13 heavy (non-hydrogen) atoms. The number of carboxylic acid groups (broad SMARTS) is 1. The number of alkyl halides is 1. The van der Waals surface area contributed by atoms with Gasteiger partial charge in [0.05, 0.1) is 0 Å². The molecule has 3 heteroatoms. The van der Waals surface area contributed by atoms with Crippen LogP contribution in [0, 0.1) is 0 Å². The Morgan fingerprint density at radius 3 is 2.31 bits per heavy atom. The predicted molar refractivity (Wildman–Crippen MR) is 55.2 cm³/mol. The molecule has 0 bridgehead atoms. The van der Waals surface area contributed by atoms with Gasteiger partial charge in [-0.25, -0.2) is 0 Å². The summed E-state index contributed by atoms with van der Waals surface area (Å²) in [4.78, 5) is 10.2. The first kappa shape index (κ1) is 12.5. The minimum Gasteiger partial charge on any atom is -0.481 e. The summed E-state index contributed by atoms with van der Waals surface area (Å²) in [5.74, 6) is -0.0314. The molecule has 0 saturated heterocycles. The van der Waals surface area contributed by atoms with Crippen molar-refractivity contribution in [3.63, 3.8) is 0 Å². The Kier molecular flexibility index (Phi) is 7.80. The largest absolute Gasteiger partial charge is 0.481 e. The maximum absolute atomic E-state index is 10.2. The van der Waals surface area contributed by atoms with E-state index < -0.39 is 5.97 Å². The summed E-state index contributed by atoms with van der Waals surface area (Å²) in [7, 11) is 0. The fraction of sp³-hybridized carbons (Fsp3) is 0.700. The van der Waals surface area contributed by atoms with Gasteiger partial charge in [-0.15, -0.1) is 11.6 Å². The first-order valence-electron chi connectivity index (χ1n) is 4.61. The van der Waals surface area contributed by atoms with Crippen LogP contribution in [-0.4, -0.2) is 17.0 Å². The van der Waals surface area contributed by atoms with Gasteiger partial charge in [0.15, 0.2) is 0 Å². The van der Waals surface area contributed by atoms with Crippen molar-refractivity contribution in [1.82, 2.24) is 0 Å². The van der Waals surface area contributed by atoms with E-state index in [0.29, 0.717) is 12.3 Å². The van der Waals surface area contributed by atoms with Gasteiger partial charge in [-0.1, -0.05) is 12.2 Å². The third-order valence-corrected chi connectivity index (χ3v) is 2.10. The van der Waals surface area contributed by atoms with Crippen molar-refractivity contribution >= 4 is 17.6 Å². The van der Waals surface area contributed by atoms with Crippen LogP contribution in [0.2, 0.25) is 0 Å². The van der Waals surface area contributed by atoms with Gasteiger partial charge in [-0.3, -0.25) is 4.79 Å². The van der Waals surface area contributed by atoms with Crippen LogP contribution in [0.3, 0.4) is 0 Å². The highest BCUT2D eigenvalue weighted by Crippen LogP contribution is 2.12. The van der Waals surface area contributed by atoms with Crippen LogP contribution >= 0.6 is 11.6 Å². The average Bonchev–Trinajstić information content (AvgIpc) is 2.04. The lowest BCUT2D eigenvalue weighted by Gasteiger charge is -2.02. The number of rotatable bonds is 8. The lowest BCUT2D eigenvalue weighted by molar-refractivity contribution is -0.137. The van der Waals surface area contributed by atoms with E-state index >= 15 is 0 Å². The van der Waals surface area contributed by atoms with Crippen LogP contribution in [0.15, 0.2) is 12.2 Å². The number of unbranched alkanes of at least 4 members (excludes halogenated alkanes) is 1. The number of carbonyl (C=O) groups is 1. The van der Waals surface area contributed by atoms with Crippen LogP contribution < -0.4 is 0 Å². The van der Waals surface area contributed by atoms with E-state index in [1.807, 2.05) is 0 Å². The molecule has 0 aromatic rings. The molecule has 0 aliphatic heterocycles. The Morgan fingerprint density at radius 1 is 1.15 bits per heavy atom. The Labute approximate surface area is 84.6 Å². The summed E-state index contributed by atoms with van der Waals surface area (Å²) in [5.41, 5.74) is 1.14. The molecule has 0 rings (SSSR count). The molecule has 0 unspecified atom stereocenters. The van der Waals surface area contributed by atoms with Crippen LogP contribution in [0.5, 0.6) is 0 Å². The average molecular weight is 205 g/mol. The molecular weight excluding hydrogens is 188 g/mol. The van der Waals surface area contributed by atoms with E-state index in [1.54, 1.807) is 0 Å². The van der Waals surface area contributed by atoms with E-state index in [-0.39, 0.29) is 6.42 Å². The molecular formula is C10H17ClO2. The second-order valence-corrected chi connectivity index (χ2v) is 3.52. The fourth-order valence-corrected chi connectivity index (χ4v) is 1.27. The molecule has 0 aromatic heterocycles. The second kappa shape index (κ2) is 8.11. The second-order valence-electron chi connectivity index (χ2n) is 3.14. The lowest BCUT2D eigenvalue weighted by atomic mass is 10.0. The molecule has 0 heterocycles. The minimum absolute atomic E-state index is 0.245. The smallest absolute Gasteiger partial charge is 0.303 e. The molecule has 2 nitrogen and oxygen atoms in total. The van der Waals surface area contributed by atoms with Gasteiger partial charge in [0.2, 0.25) is 0 Å². The monoisotopic (exact) mass is 204 g/mol. The first-order chi connectivity index (χ1) is 6.16. The number of carboxylic acids is 1. The predicted octanol–water partition coefficient (Wildman–Crippen LogP) is 3.21. The summed E-state index contributed by atoms with van der Waals surface area (Å²) < 4.78 is 0. The zero-order valence-corrected chi connectivity index (χ0v) is 8.65. The van der Waals surface area contributed by atoms with Crippen molar-refractivity contribution in [3.05, 3.63) is 12.2 Å². The summed E-state index contributed by atoms with van der Waals surface area (Å²) in [5, 5.41) is 8.39. The molecule has 0 radical (unpaired) electrons. The van der Waals surface area contributed by atoms with Gasteiger partial charge in [0.1, 0.15) is 0 Å². The van der Waals surface area contributed by atoms with E-state index in [0.717, 1.165) is 31.3 Å². The van der Waals surface area contributed by atoms with Gasteiger partial charge < -0.3 is 5.11 Å². The quantitative estimate of drug-likeness (QED) is 0.375. The van der Waals surface area contributed by atoms with Crippen molar-refractivity contribution in [3.8, 4) is 0 Å². The number of aliphatic carboxylic acids is 1. The van der Waals surface area contributed by atoms with Gasteiger partial charge in [-0.05, 0) is 32.1 Å². The lowest BCUT2D eigenvalue weighted by Crippen LogP contribution is -1.94. The SMILES string of the molecule is C=C(CCCCCl)CCCC(=O)O. The summed E-state index contributed by atoms with van der Waals surface area (Å²) >= 11 is 5.52. The molecule has 0 fully saturated rings. The molecule has 76 valence electrons. The number of hydrogen-bond acceptors (Lipinski definition) is 1. The van der Waals surface area contributed by atoms with Crippen LogP contribution in [0.25, 0.3) is 0 Å². The highest BCUT2D eigenvalue weighted by Gasteiger charge is 1.99. The first-order valence-corrected chi connectivity index (χ1v) is 5.14. The molecule has 0 aliphatic rings. The molecule has 1 N–H and O–H groups in total. The zero-order chi connectivity index (χ0) is 10.1. The van der Waals surface area contributed by atoms with E-state index in [2.05, 4.69) is 6.58 Å². The maximum atomic E-state index is 10.2. The van der Waals surface area contributed by atoms with Gasteiger partial charge in [-0.2, -0.15) is 0 Å². The minimum atomic E-state index is -0.728. The summed E-state index contributed by atoms with van der Waals surface area (Å²) in [6.07, 6.45) is 4.83. The highest BCUT2D eigenvalue weighted by atomic mass is 35.5. The van der Waals surface area contributed by atoms with Crippen LogP contribution in [0.4, 0.5) is 0 Å². The molecule has 0 atom stereocenters. The van der Waals surface area contributed by atoms with Gasteiger partial charge in [0, 0.05) is 12.3 Å². The van der Waals surface area contributed by atoms with E-state index in [4.69, 9.17) is 16.7 Å². The normalized spacial score (nSPS) is 9.92. The molecule has 0 aliphatic carbocycles. The Morgan fingerprint density at radius 2 is 1.77 bits per heavy atom. The maximum Gasteiger partial charge on any atom is 0.303 e. The Bertz CT molecular complexity index is 166. The van der Waals surface area contributed by atoms with Crippen molar-refractivity contribution < 1.29 is 9.90 Å². The molecule has 0 amide bonds.